The Morgan fingerprint density at radius 3 is 2.31 bits per heavy atom. The minimum absolute atomic E-state index is 0.0186. The highest BCUT2D eigenvalue weighted by Crippen LogP contribution is 2.33. The van der Waals surface area contributed by atoms with E-state index in [1.807, 2.05) is 59.5 Å². The van der Waals surface area contributed by atoms with Crippen LogP contribution in [0.2, 0.25) is 0 Å². The van der Waals surface area contributed by atoms with Crippen LogP contribution in [0.25, 0.3) is 0 Å². The molecular weight excluding hydrogens is 416 g/mol. The zero-order valence-electron chi connectivity index (χ0n) is 14.1. The van der Waals surface area contributed by atoms with Gasteiger partial charge >= 0.3 is 0 Å². The quantitative estimate of drug-likeness (QED) is 0.744. The molecule has 2 aliphatic rings. The Bertz CT molecular complexity index is 916. The molecule has 2 aromatic rings. The third-order valence-electron chi connectivity index (χ3n) is 5.03. The highest BCUT2D eigenvalue weighted by molar-refractivity contribution is 9.10. The molecule has 2 saturated heterocycles. The number of piperazine rings is 1. The number of amides is 1. The van der Waals surface area contributed by atoms with Crippen molar-refractivity contribution in [2.75, 3.05) is 23.0 Å². The zero-order chi connectivity index (χ0) is 18.3. The van der Waals surface area contributed by atoms with Crippen molar-refractivity contribution in [2.45, 2.75) is 18.6 Å². The average molecular weight is 435 g/mol. The Kier molecular flexibility index (Phi) is 4.62. The lowest BCUT2D eigenvalue weighted by molar-refractivity contribution is -0.123. The monoisotopic (exact) mass is 434 g/mol. The smallest absolute Gasteiger partial charge is 0.241 e. The molecule has 26 heavy (non-hydrogen) atoms. The summed E-state index contributed by atoms with van der Waals surface area (Å²) in [6, 6.07) is 16.8. The molecule has 4 rings (SSSR count). The van der Waals surface area contributed by atoms with Gasteiger partial charge in [0.1, 0.15) is 0 Å². The number of nitrogens with zero attached hydrogens (tertiary/aromatic N) is 2. The molecular formula is C19H19BrN2O3S. The van der Waals surface area contributed by atoms with Crippen LogP contribution >= 0.6 is 15.9 Å². The molecule has 2 heterocycles. The Balaban J connectivity index is 1.67. The molecule has 2 aliphatic heterocycles. The molecule has 136 valence electrons. The maximum atomic E-state index is 12.9. The van der Waals surface area contributed by atoms with Gasteiger partial charge in [0.2, 0.25) is 5.91 Å². The van der Waals surface area contributed by atoms with E-state index in [1.54, 1.807) is 4.90 Å². The topological polar surface area (TPSA) is 57.7 Å². The number of benzene rings is 2. The first-order chi connectivity index (χ1) is 12.4. The molecule has 0 radical (unpaired) electrons. The standard InChI is InChI=1S/C19H19BrN2O3S/c20-15-6-8-16(9-7-15)22-18-13-26(24,25)12-17(18)21(11-19(22)23)10-14-4-2-1-3-5-14/h1-9,17-18H,10-13H2/t17-,18+/m0/s1. The average Bonchev–Trinajstić information content (AvgIpc) is 2.92. The molecule has 0 aromatic heterocycles. The molecule has 0 spiro atoms. The number of hydrogen-bond donors (Lipinski definition) is 0. The molecule has 2 aromatic carbocycles. The summed E-state index contributed by atoms with van der Waals surface area (Å²) >= 11 is 3.40. The SMILES string of the molecule is O=C1CN(Cc2ccccc2)[C@H]2CS(=O)(=O)C[C@H]2N1c1ccc(Br)cc1. The van der Waals surface area contributed by atoms with E-state index in [4.69, 9.17) is 0 Å². The van der Waals surface area contributed by atoms with E-state index in [0.717, 1.165) is 15.7 Å². The maximum Gasteiger partial charge on any atom is 0.241 e. The first-order valence-corrected chi connectivity index (χ1v) is 11.1. The van der Waals surface area contributed by atoms with E-state index in [2.05, 4.69) is 15.9 Å². The lowest BCUT2D eigenvalue weighted by Gasteiger charge is -2.43. The number of carbonyl (C=O) groups is 1. The van der Waals surface area contributed by atoms with Crippen LogP contribution in [0.5, 0.6) is 0 Å². The van der Waals surface area contributed by atoms with Crippen molar-refractivity contribution < 1.29 is 13.2 Å². The van der Waals surface area contributed by atoms with Gasteiger partial charge in [-0.15, -0.1) is 0 Å². The number of sulfone groups is 1. The summed E-state index contributed by atoms with van der Waals surface area (Å²) in [6.07, 6.45) is 0. The van der Waals surface area contributed by atoms with Crippen molar-refractivity contribution in [2.24, 2.45) is 0 Å². The lowest BCUT2D eigenvalue weighted by Crippen LogP contribution is -2.61. The van der Waals surface area contributed by atoms with Crippen molar-refractivity contribution in [3.63, 3.8) is 0 Å². The number of hydrogen-bond acceptors (Lipinski definition) is 4. The predicted molar refractivity (Wildman–Crippen MR) is 105 cm³/mol. The van der Waals surface area contributed by atoms with Gasteiger partial charge in [0.15, 0.2) is 9.84 Å². The second-order valence-electron chi connectivity index (χ2n) is 6.84. The van der Waals surface area contributed by atoms with Gasteiger partial charge in [-0.3, -0.25) is 9.69 Å². The lowest BCUT2D eigenvalue weighted by atomic mass is 10.0. The minimum Gasteiger partial charge on any atom is -0.306 e. The molecule has 1 amide bonds. The molecule has 0 aliphatic carbocycles. The Morgan fingerprint density at radius 2 is 1.62 bits per heavy atom. The summed E-state index contributed by atoms with van der Waals surface area (Å²) in [4.78, 5) is 16.6. The van der Waals surface area contributed by atoms with Crippen molar-refractivity contribution in [3.8, 4) is 0 Å². The van der Waals surface area contributed by atoms with Crippen LogP contribution in [0, 0.1) is 0 Å². The van der Waals surface area contributed by atoms with Gasteiger partial charge < -0.3 is 4.90 Å². The summed E-state index contributed by atoms with van der Waals surface area (Å²) in [5.41, 5.74) is 1.84. The van der Waals surface area contributed by atoms with Crippen LogP contribution in [0.15, 0.2) is 59.1 Å². The van der Waals surface area contributed by atoms with Crippen LogP contribution in [-0.2, 0) is 21.2 Å². The van der Waals surface area contributed by atoms with Gasteiger partial charge in [-0.1, -0.05) is 46.3 Å². The number of carbonyl (C=O) groups excluding carboxylic acids is 1. The Hall–Kier alpha value is -1.70. The first-order valence-electron chi connectivity index (χ1n) is 8.49. The molecule has 2 fully saturated rings. The fourth-order valence-electron chi connectivity index (χ4n) is 3.89. The van der Waals surface area contributed by atoms with E-state index in [9.17, 15) is 13.2 Å². The molecule has 2 atom stereocenters. The van der Waals surface area contributed by atoms with E-state index >= 15 is 0 Å². The third kappa shape index (κ3) is 3.43. The van der Waals surface area contributed by atoms with Crippen LogP contribution in [0.4, 0.5) is 5.69 Å². The summed E-state index contributed by atoms with van der Waals surface area (Å²) in [6.45, 7) is 0.805. The molecule has 0 bridgehead atoms. The Morgan fingerprint density at radius 1 is 0.962 bits per heavy atom. The van der Waals surface area contributed by atoms with Gasteiger partial charge in [-0.05, 0) is 29.8 Å². The fraction of sp³-hybridized carbons (Fsp3) is 0.316. The second kappa shape index (κ2) is 6.79. The molecule has 5 nitrogen and oxygen atoms in total. The van der Waals surface area contributed by atoms with Crippen LogP contribution in [0.1, 0.15) is 5.56 Å². The van der Waals surface area contributed by atoms with Crippen LogP contribution < -0.4 is 4.90 Å². The number of anilines is 1. The van der Waals surface area contributed by atoms with Crippen molar-refractivity contribution in [1.82, 2.24) is 4.90 Å². The van der Waals surface area contributed by atoms with Crippen molar-refractivity contribution in [1.29, 1.82) is 0 Å². The van der Waals surface area contributed by atoms with Gasteiger partial charge in [0.05, 0.1) is 24.1 Å². The molecule has 7 heteroatoms. The summed E-state index contributed by atoms with van der Waals surface area (Å²) in [5.74, 6) is 0.0665. The maximum absolute atomic E-state index is 12.9. The van der Waals surface area contributed by atoms with Gasteiger partial charge in [0.25, 0.3) is 0 Å². The number of fused-ring (bicyclic) bond motifs is 1. The molecule has 0 N–H and O–H groups in total. The van der Waals surface area contributed by atoms with Gasteiger partial charge in [-0.2, -0.15) is 0 Å². The van der Waals surface area contributed by atoms with Crippen LogP contribution in [-0.4, -0.2) is 49.4 Å². The molecule has 0 unspecified atom stereocenters. The normalized spacial score (nSPS) is 25.3. The predicted octanol–water partition coefficient (Wildman–Crippen LogP) is 2.46. The summed E-state index contributed by atoms with van der Waals surface area (Å²) < 4.78 is 25.6. The number of rotatable bonds is 3. The van der Waals surface area contributed by atoms with E-state index in [0.29, 0.717) is 6.54 Å². The zero-order valence-corrected chi connectivity index (χ0v) is 16.5. The van der Waals surface area contributed by atoms with E-state index in [-0.39, 0.29) is 36.0 Å². The van der Waals surface area contributed by atoms with Crippen molar-refractivity contribution >= 4 is 37.4 Å². The first kappa shape index (κ1) is 17.7. The largest absolute Gasteiger partial charge is 0.306 e. The van der Waals surface area contributed by atoms with Gasteiger partial charge in [0, 0.05) is 22.7 Å². The highest BCUT2D eigenvalue weighted by Gasteiger charge is 2.49. The minimum atomic E-state index is -3.17. The summed E-state index contributed by atoms with van der Waals surface area (Å²) in [5, 5.41) is 0. The Labute approximate surface area is 161 Å². The fourth-order valence-corrected chi connectivity index (χ4v) is 6.13. The third-order valence-corrected chi connectivity index (χ3v) is 7.26. The summed E-state index contributed by atoms with van der Waals surface area (Å²) in [7, 11) is -3.17. The highest BCUT2D eigenvalue weighted by atomic mass is 79.9. The number of halogens is 1. The van der Waals surface area contributed by atoms with Gasteiger partial charge in [-0.25, -0.2) is 8.42 Å². The van der Waals surface area contributed by atoms with Crippen LogP contribution in [0.3, 0.4) is 0 Å². The second-order valence-corrected chi connectivity index (χ2v) is 9.91. The van der Waals surface area contributed by atoms with E-state index in [1.165, 1.54) is 0 Å². The van der Waals surface area contributed by atoms with E-state index < -0.39 is 9.84 Å². The molecule has 0 saturated carbocycles. The van der Waals surface area contributed by atoms with Crippen molar-refractivity contribution in [3.05, 3.63) is 64.6 Å².